The van der Waals surface area contributed by atoms with E-state index < -0.39 is 0 Å². The molecule has 166 valence electrons. The summed E-state index contributed by atoms with van der Waals surface area (Å²) in [6, 6.07) is 11.1. The number of carbonyl (C=O) groups excluding carboxylic acids is 1. The molecule has 0 aromatic heterocycles. The van der Waals surface area contributed by atoms with Gasteiger partial charge in [-0.1, -0.05) is 49.6 Å². The first kappa shape index (κ1) is 22.6. The van der Waals surface area contributed by atoms with Gasteiger partial charge in [-0.15, -0.1) is 0 Å². The van der Waals surface area contributed by atoms with Crippen LogP contribution in [0, 0.1) is 5.92 Å². The van der Waals surface area contributed by atoms with Crippen LogP contribution >= 0.6 is 0 Å². The normalized spacial score (nSPS) is 20.8. The summed E-state index contributed by atoms with van der Waals surface area (Å²) in [5.74, 6) is 1.45. The Morgan fingerprint density at radius 3 is 2.67 bits per heavy atom. The van der Waals surface area contributed by atoms with E-state index in [9.17, 15) is 4.79 Å². The number of hydrogen-bond acceptors (Lipinski definition) is 3. The Morgan fingerprint density at radius 2 is 1.93 bits per heavy atom. The van der Waals surface area contributed by atoms with Crippen LogP contribution in [-0.4, -0.2) is 74.5 Å². The predicted molar refractivity (Wildman–Crippen MR) is 124 cm³/mol. The molecule has 1 aliphatic heterocycles. The topological polar surface area (TPSA) is 60.0 Å². The zero-order chi connectivity index (χ0) is 21.2. The van der Waals surface area contributed by atoms with E-state index in [1.54, 1.807) is 0 Å². The average molecular weight is 414 g/mol. The minimum absolute atomic E-state index is 0.273. The van der Waals surface area contributed by atoms with Gasteiger partial charge in [0.2, 0.25) is 5.91 Å². The molecule has 2 N–H and O–H groups in total. The van der Waals surface area contributed by atoms with Crippen molar-refractivity contribution in [1.29, 1.82) is 0 Å². The maximum atomic E-state index is 12.4. The van der Waals surface area contributed by atoms with Gasteiger partial charge in [-0.2, -0.15) is 0 Å². The van der Waals surface area contributed by atoms with Crippen molar-refractivity contribution in [3.63, 3.8) is 0 Å². The van der Waals surface area contributed by atoms with Gasteiger partial charge in [0.1, 0.15) is 0 Å². The molecule has 1 heterocycles. The van der Waals surface area contributed by atoms with Crippen LogP contribution in [-0.2, 0) is 11.2 Å². The fourth-order valence-electron chi connectivity index (χ4n) is 4.63. The molecule has 1 aromatic rings. The van der Waals surface area contributed by atoms with E-state index in [2.05, 4.69) is 51.8 Å². The fraction of sp³-hybridized carbons (Fsp3) is 0.667. The van der Waals surface area contributed by atoms with Crippen LogP contribution < -0.4 is 10.6 Å². The van der Waals surface area contributed by atoms with Crippen molar-refractivity contribution in [3.8, 4) is 0 Å². The highest BCUT2D eigenvalue weighted by atomic mass is 16.2. The number of nitrogens with one attached hydrogen (secondary N) is 2. The number of benzene rings is 1. The van der Waals surface area contributed by atoms with Gasteiger partial charge in [0.25, 0.3) is 0 Å². The van der Waals surface area contributed by atoms with Crippen molar-refractivity contribution < 1.29 is 4.79 Å². The Labute approximate surface area is 182 Å². The van der Waals surface area contributed by atoms with E-state index in [1.807, 2.05) is 18.0 Å². The van der Waals surface area contributed by atoms with E-state index in [1.165, 1.54) is 37.7 Å². The molecule has 1 amide bonds. The maximum absolute atomic E-state index is 12.4. The zero-order valence-corrected chi connectivity index (χ0v) is 18.8. The largest absolute Gasteiger partial charge is 0.356 e. The molecular weight excluding hydrogens is 374 g/mol. The minimum atomic E-state index is 0.273. The Hall–Kier alpha value is -2.08. The minimum Gasteiger partial charge on any atom is -0.356 e. The van der Waals surface area contributed by atoms with Crippen molar-refractivity contribution in [1.82, 2.24) is 20.4 Å². The van der Waals surface area contributed by atoms with Gasteiger partial charge in [0.05, 0.1) is 0 Å². The summed E-state index contributed by atoms with van der Waals surface area (Å²) in [6.45, 7) is 4.34. The summed E-state index contributed by atoms with van der Waals surface area (Å²) in [4.78, 5) is 21.2. The summed E-state index contributed by atoms with van der Waals surface area (Å²) < 4.78 is 0. The van der Waals surface area contributed by atoms with Crippen LogP contribution in [0.4, 0.5) is 0 Å². The number of likely N-dealkylation sites (N-methyl/N-ethyl adjacent to an activating group) is 1. The second-order valence-corrected chi connectivity index (χ2v) is 8.80. The third-order valence-electron chi connectivity index (χ3n) is 6.54. The SMILES string of the molecule is CN=C(NCCN(C)C1CCCCC1)NCC1CC(=O)N(CCc2ccccc2)C1. The highest BCUT2D eigenvalue weighted by Crippen LogP contribution is 2.21. The number of hydrogen-bond donors (Lipinski definition) is 2. The van der Waals surface area contributed by atoms with Crippen LogP contribution in [0.1, 0.15) is 44.1 Å². The number of guanidine groups is 1. The van der Waals surface area contributed by atoms with Gasteiger partial charge in [0.15, 0.2) is 5.96 Å². The van der Waals surface area contributed by atoms with Gasteiger partial charge < -0.3 is 20.4 Å². The molecule has 2 aliphatic rings. The van der Waals surface area contributed by atoms with Gasteiger partial charge in [-0.05, 0) is 31.9 Å². The number of nitrogens with zero attached hydrogens (tertiary/aromatic N) is 3. The molecule has 1 atom stereocenters. The Kier molecular flexibility index (Phi) is 9.00. The first-order valence-electron chi connectivity index (χ1n) is 11.6. The van der Waals surface area contributed by atoms with E-state index in [4.69, 9.17) is 0 Å². The summed E-state index contributed by atoms with van der Waals surface area (Å²) in [6.07, 6.45) is 8.35. The summed E-state index contributed by atoms with van der Waals surface area (Å²) in [5, 5.41) is 6.85. The van der Waals surface area contributed by atoms with E-state index in [0.717, 1.165) is 51.1 Å². The lowest BCUT2D eigenvalue weighted by Crippen LogP contribution is -2.44. The van der Waals surface area contributed by atoms with Gasteiger partial charge in [0, 0.05) is 58.2 Å². The highest BCUT2D eigenvalue weighted by molar-refractivity contribution is 5.80. The predicted octanol–water partition coefficient (Wildman–Crippen LogP) is 2.51. The lowest BCUT2D eigenvalue weighted by Gasteiger charge is -2.31. The molecular formula is C24H39N5O. The smallest absolute Gasteiger partial charge is 0.223 e. The maximum Gasteiger partial charge on any atom is 0.223 e. The first-order chi connectivity index (χ1) is 14.7. The van der Waals surface area contributed by atoms with Crippen LogP contribution in [0.3, 0.4) is 0 Å². The molecule has 1 aliphatic carbocycles. The summed E-state index contributed by atoms with van der Waals surface area (Å²) in [7, 11) is 4.05. The average Bonchev–Trinajstić information content (AvgIpc) is 3.15. The van der Waals surface area contributed by atoms with E-state index >= 15 is 0 Å². The van der Waals surface area contributed by atoms with Gasteiger partial charge in [-0.25, -0.2) is 0 Å². The third kappa shape index (κ3) is 7.01. The molecule has 1 saturated heterocycles. The zero-order valence-electron chi connectivity index (χ0n) is 18.8. The standard InChI is InChI=1S/C24H39N5O/c1-25-24(26-14-16-28(2)22-11-7-4-8-12-22)27-18-21-17-23(30)29(19-21)15-13-20-9-5-3-6-10-20/h3,5-6,9-10,21-22H,4,7-8,11-19H2,1-2H3,(H2,25,26,27). The van der Waals surface area contributed by atoms with Crippen molar-refractivity contribution in [2.24, 2.45) is 10.9 Å². The van der Waals surface area contributed by atoms with Crippen LogP contribution in [0.15, 0.2) is 35.3 Å². The summed E-state index contributed by atoms with van der Waals surface area (Å²) >= 11 is 0. The molecule has 0 spiro atoms. The second-order valence-electron chi connectivity index (χ2n) is 8.80. The first-order valence-corrected chi connectivity index (χ1v) is 11.6. The molecule has 1 saturated carbocycles. The quantitative estimate of drug-likeness (QED) is 0.482. The number of aliphatic imine (C=N–C) groups is 1. The molecule has 0 radical (unpaired) electrons. The number of amides is 1. The van der Waals surface area contributed by atoms with Crippen molar-refractivity contribution in [2.45, 2.75) is 51.0 Å². The highest BCUT2D eigenvalue weighted by Gasteiger charge is 2.29. The van der Waals surface area contributed by atoms with E-state index in [-0.39, 0.29) is 5.91 Å². The molecule has 1 unspecified atom stereocenters. The molecule has 6 nitrogen and oxygen atoms in total. The van der Waals surface area contributed by atoms with Crippen LogP contribution in [0.2, 0.25) is 0 Å². The molecule has 6 heteroatoms. The van der Waals surface area contributed by atoms with Crippen molar-refractivity contribution in [2.75, 3.05) is 46.8 Å². The molecule has 30 heavy (non-hydrogen) atoms. The number of carbonyl (C=O) groups is 1. The van der Waals surface area contributed by atoms with Crippen molar-refractivity contribution >= 4 is 11.9 Å². The van der Waals surface area contributed by atoms with Crippen LogP contribution in [0.25, 0.3) is 0 Å². The van der Waals surface area contributed by atoms with Crippen molar-refractivity contribution in [3.05, 3.63) is 35.9 Å². The third-order valence-corrected chi connectivity index (χ3v) is 6.54. The Balaban J connectivity index is 1.33. The van der Waals surface area contributed by atoms with E-state index in [0.29, 0.717) is 12.3 Å². The molecule has 1 aromatic carbocycles. The Bertz CT molecular complexity index is 671. The Morgan fingerprint density at radius 1 is 1.17 bits per heavy atom. The monoisotopic (exact) mass is 413 g/mol. The fourth-order valence-corrected chi connectivity index (χ4v) is 4.63. The second kappa shape index (κ2) is 11.9. The van der Waals surface area contributed by atoms with Gasteiger partial charge in [-0.3, -0.25) is 9.79 Å². The van der Waals surface area contributed by atoms with Gasteiger partial charge >= 0.3 is 0 Å². The number of rotatable bonds is 9. The van der Waals surface area contributed by atoms with Crippen LogP contribution in [0.5, 0.6) is 0 Å². The molecule has 0 bridgehead atoms. The lowest BCUT2D eigenvalue weighted by atomic mass is 9.94. The molecule has 2 fully saturated rings. The lowest BCUT2D eigenvalue weighted by molar-refractivity contribution is -0.127. The number of likely N-dealkylation sites (tertiary alicyclic amines) is 1. The molecule has 3 rings (SSSR count). The summed E-state index contributed by atoms with van der Waals surface area (Å²) in [5.41, 5.74) is 1.29.